The van der Waals surface area contributed by atoms with E-state index in [9.17, 15) is 19.5 Å². The number of nitrogens with zero attached hydrogens (tertiary/aromatic N) is 2. The lowest BCUT2D eigenvalue weighted by atomic mass is 9.32. The molecule has 1 N–H and O–H groups in total. The molecule has 0 aromatic rings. The molecular formula is C45H72N2O6. The second-order valence-corrected chi connectivity index (χ2v) is 21.4. The van der Waals surface area contributed by atoms with Gasteiger partial charge in [-0.2, -0.15) is 0 Å². The number of carboxylic acids is 1. The first-order valence-electron chi connectivity index (χ1n) is 21.5. The molecule has 1 amide bonds. The maximum absolute atomic E-state index is 14.3. The van der Waals surface area contributed by atoms with Crippen LogP contribution in [0.2, 0.25) is 0 Å². The van der Waals surface area contributed by atoms with Crippen LogP contribution in [0.4, 0.5) is 0 Å². The van der Waals surface area contributed by atoms with Crippen molar-refractivity contribution >= 4 is 17.8 Å². The third kappa shape index (κ3) is 6.25. The first-order chi connectivity index (χ1) is 24.8. The lowest BCUT2D eigenvalue weighted by Crippen LogP contribution is -2.67. The zero-order valence-corrected chi connectivity index (χ0v) is 34.6. The highest BCUT2D eigenvalue weighted by atomic mass is 16.5. The lowest BCUT2D eigenvalue weighted by molar-refractivity contribution is -0.250. The molecule has 0 radical (unpaired) electrons. The van der Waals surface area contributed by atoms with Gasteiger partial charge in [-0.15, -0.1) is 0 Å². The normalized spacial score (nSPS) is 43.9. The minimum atomic E-state index is -1.14. The Kier molecular flexibility index (Phi) is 10.1. The number of carbonyl (C=O) groups excluding carboxylic acids is 2. The highest BCUT2D eigenvalue weighted by molar-refractivity contribution is 5.81. The van der Waals surface area contributed by atoms with E-state index in [-0.39, 0.29) is 45.6 Å². The van der Waals surface area contributed by atoms with E-state index in [1.54, 1.807) is 13.8 Å². The summed E-state index contributed by atoms with van der Waals surface area (Å²) in [5, 5.41) is 9.63. The Morgan fingerprint density at radius 3 is 2.25 bits per heavy atom. The van der Waals surface area contributed by atoms with Crippen molar-refractivity contribution in [2.75, 3.05) is 39.4 Å². The molecule has 3 unspecified atom stereocenters. The lowest BCUT2D eigenvalue weighted by Gasteiger charge is -2.73. The molecule has 7 rings (SSSR count). The van der Waals surface area contributed by atoms with E-state index in [1.807, 2.05) is 0 Å². The van der Waals surface area contributed by atoms with Crippen LogP contribution in [-0.4, -0.2) is 84.3 Å². The van der Waals surface area contributed by atoms with E-state index in [0.717, 1.165) is 77.9 Å². The summed E-state index contributed by atoms with van der Waals surface area (Å²) < 4.78 is 11.8. The van der Waals surface area contributed by atoms with Gasteiger partial charge in [-0.05, 0) is 143 Å². The molecule has 2 heterocycles. The highest BCUT2D eigenvalue weighted by Gasteiger charge is 2.71. The predicted octanol–water partition coefficient (Wildman–Crippen LogP) is 8.38. The van der Waals surface area contributed by atoms with Gasteiger partial charge < -0.3 is 19.5 Å². The fourth-order valence-electron chi connectivity index (χ4n) is 15.0. The number of fused-ring (bicyclic) bond motifs is 7. The van der Waals surface area contributed by atoms with Gasteiger partial charge in [-0.1, -0.05) is 46.8 Å². The number of allylic oxidation sites excluding steroid dienone is 1. The van der Waals surface area contributed by atoms with Crippen LogP contribution < -0.4 is 0 Å². The van der Waals surface area contributed by atoms with Crippen LogP contribution in [0.5, 0.6) is 0 Å². The molecule has 0 bridgehead atoms. The Hall–Kier alpha value is -1.93. The molecule has 298 valence electrons. The van der Waals surface area contributed by atoms with E-state index in [2.05, 4.69) is 57.9 Å². The number of hydrogen-bond donors (Lipinski definition) is 1. The molecule has 7 fully saturated rings. The largest absolute Gasteiger partial charge is 0.481 e. The van der Waals surface area contributed by atoms with E-state index in [0.29, 0.717) is 48.0 Å². The molecule has 5 aliphatic carbocycles. The van der Waals surface area contributed by atoms with Crippen LogP contribution in [0.15, 0.2) is 12.2 Å². The molecule has 11 atom stereocenters. The third-order valence-corrected chi connectivity index (χ3v) is 18.2. The second-order valence-electron chi connectivity index (χ2n) is 21.4. The predicted molar refractivity (Wildman–Crippen MR) is 207 cm³/mol. The van der Waals surface area contributed by atoms with Crippen molar-refractivity contribution in [3.05, 3.63) is 12.2 Å². The highest BCUT2D eigenvalue weighted by Crippen LogP contribution is 2.78. The monoisotopic (exact) mass is 737 g/mol. The molecule has 0 aromatic carbocycles. The molecular weight excluding hydrogens is 665 g/mol. The number of morpholine rings is 1. The average molecular weight is 737 g/mol. The molecule has 0 spiro atoms. The van der Waals surface area contributed by atoms with Gasteiger partial charge in [-0.25, -0.2) is 0 Å². The van der Waals surface area contributed by atoms with Crippen LogP contribution >= 0.6 is 0 Å². The molecule has 2 aliphatic heterocycles. The van der Waals surface area contributed by atoms with Gasteiger partial charge >= 0.3 is 11.9 Å². The minimum absolute atomic E-state index is 0.0748. The SMILES string of the molecule is C=C(C)[C@@H]1CCC2(CC(=O)N3CC[C@H](N4CCOCC4)C3)CC[C@]3(C)[C@H](CC[C@H]4C3(C)CC[C@H]3C(C)(C)C(OC(=O)CC(C)(C)C(=O)O)CC[C@@]34C)[C@@H]12. The van der Waals surface area contributed by atoms with Crippen LogP contribution in [0, 0.1) is 62.1 Å². The average Bonchev–Trinajstić information content (AvgIpc) is 3.73. The van der Waals surface area contributed by atoms with Crippen molar-refractivity contribution in [1.29, 1.82) is 0 Å². The first-order valence-corrected chi connectivity index (χ1v) is 21.5. The summed E-state index contributed by atoms with van der Waals surface area (Å²) in [6.07, 6.45) is 12.8. The second kappa shape index (κ2) is 13.6. The number of ether oxygens (including phenoxy) is 2. The van der Waals surface area contributed by atoms with Crippen molar-refractivity contribution in [3.8, 4) is 0 Å². The number of rotatable bonds is 8. The molecule has 2 saturated heterocycles. The Balaban J connectivity index is 1.10. The fraction of sp³-hybridized carbons (Fsp3) is 0.889. The summed E-state index contributed by atoms with van der Waals surface area (Å²) in [7, 11) is 0. The Bertz CT molecular complexity index is 1470. The van der Waals surface area contributed by atoms with E-state index in [4.69, 9.17) is 9.47 Å². The summed E-state index contributed by atoms with van der Waals surface area (Å²) in [4.78, 5) is 44.0. The van der Waals surface area contributed by atoms with Crippen molar-refractivity contribution in [2.24, 2.45) is 62.1 Å². The van der Waals surface area contributed by atoms with Crippen LogP contribution in [0.25, 0.3) is 0 Å². The molecule has 7 aliphatic rings. The molecule has 0 aromatic heterocycles. The van der Waals surface area contributed by atoms with Gasteiger partial charge in [0.05, 0.1) is 25.0 Å². The summed E-state index contributed by atoms with van der Waals surface area (Å²) >= 11 is 0. The molecule has 53 heavy (non-hydrogen) atoms. The molecule has 5 saturated carbocycles. The van der Waals surface area contributed by atoms with Crippen molar-refractivity contribution in [2.45, 2.75) is 151 Å². The number of hydrogen-bond acceptors (Lipinski definition) is 6. The Morgan fingerprint density at radius 1 is 0.849 bits per heavy atom. The van der Waals surface area contributed by atoms with Gasteiger partial charge in [-0.3, -0.25) is 19.3 Å². The minimum Gasteiger partial charge on any atom is -0.481 e. The maximum Gasteiger partial charge on any atom is 0.309 e. The standard InChI is InChI=1S/C45H72N2O6/c1-29(2)31-12-18-45(26-36(48)47-21-15-30(28-47)46-22-24-52-25-23-46)20-19-43(8)32(38(31)45)10-11-34-42(7)16-14-35(53-37(49)27-40(3,4)39(50)51)41(5,6)33(42)13-17-44(34,43)9/h30-35,38H,1,10-28H2,2-9H3,(H,50,51)/t30-,31-,32+,33-,34+,35?,38+,42-,43+,44?,45?/m0/s1. The maximum atomic E-state index is 14.3. The van der Waals surface area contributed by atoms with Crippen molar-refractivity contribution in [3.63, 3.8) is 0 Å². The van der Waals surface area contributed by atoms with Crippen LogP contribution in [0.1, 0.15) is 139 Å². The third-order valence-electron chi connectivity index (χ3n) is 18.2. The number of carbonyl (C=O) groups is 3. The van der Waals surface area contributed by atoms with Gasteiger partial charge in [0, 0.05) is 44.1 Å². The van der Waals surface area contributed by atoms with Gasteiger partial charge in [0.25, 0.3) is 0 Å². The molecule has 8 nitrogen and oxygen atoms in total. The summed E-state index contributed by atoms with van der Waals surface area (Å²) in [5.74, 6) is 1.68. The van der Waals surface area contributed by atoms with E-state index < -0.39 is 11.4 Å². The topological polar surface area (TPSA) is 96.4 Å². The molecule has 8 heteroatoms. The summed E-state index contributed by atoms with van der Waals surface area (Å²) in [6, 6.07) is 0.473. The number of carboxylic acid groups (broad SMARTS) is 1. The smallest absolute Gasteiger partial charge is 0.309 e. The fourth-order valence-corrected chi connectivity index (χ4v) is 15.0. The first kappa shape index (κ1) is 39.3. The number of amides is 1. The van der Waals surface area contributed by atoms with Gasteiger partial charge in [0.15, 0.2) is 0 Å². The van der Waals surface area contributed by atoms with Crippen molar-refractivity contribution < 1.29 is 29.0 Å². The van der Waals surface area contributed by atoms with Gasteiger partial charge in [0.1, 0.15) is 6.10 Å². The quantitative estimate of drug-likeness (QED) is 0.198. The van der Waals surface area contributed by atoms with Crippen molar-refractivity contribution in [1.82, 2.24) is 9.80 Å². The van der Waals surface area contributed by atoms with E-state index in [1.165, 1.54) is 37.7 Å². The van der Waals surface area contributed by atoms with Crippen LogP contribution in [0.3, 0.4) is 0 Å². The summed E-state index contributed by atoms with van der Waals surface area (Å²) in [5.41, 5.74) is 0.615. The number of aliphatic carboxylic acids is 1. The Labute approximate surface area is 320 Å². The zero-order valence-electron chi connectivity index (χ0n) is 34.6. The van der Waals surface area contributed by atoms with Gasteiger partial charge in [0.2, 0.25) is 5.91 Å². The Morgan fingerprint density at radius 2 is 1.57 bits per heavy atom. The zero-order chi connectivity index (χ0) is 38.4. The number of esters is 1. The number of likely N-dealkylation sites (tertiary alicyclic amines) is 1. The van der Waals surface area contributed by atoms with E-state index >= 15 is 0 Å². The summed E-state index contributed by atoms with van der Waals surface area (Å²) in [6.45, 7) is 28.0. The van der Waals surface area contributed by atoms with Crippen LogP contribution in [-0.2, 0) is 23.9 Å².